The molecular formula is C32H24N2O2. The third kappa shape index (κ3) is 3.73. The Labute approximate surface area is 210 Å². The van der Waals surface area contributed by atoms with Crippen LogP contribution in [0.5, 0.6) is 0 Å². The summed E-state index contributed by atoms with van der Waals surface area (Å²) in [7, 11) is 0. The molecule has 4 aromatic carbocycles. The standard InChI is InChI=1S/C32H24N2O2/c35-31-27-28(32(36)34(31)22-24-15-7-2-8-16-24)30(26-19-11-4-12-20-26)33(21-23-13-5-1-6-14-23)29(27)25-17-9-3-10-18-25/h1-20H,21-22H2. The summed E-state index contributed by atoms with van der Waals surface area (Å²) in [6, 6.07) is 39.6. The van der Waals surface area contributed by atoms with Crippen LogP contribution in [-0.2, 0) is 13.1 Å². The van der Waals surface area contributed by atoms with Crippen molar-refractivity contribution in [2.75, 3.05) is 0 Å². The Balaban J connectivity index is 1.60. The zero-order valence-electron chi connectivity index (χ0n) is 19.7. The van der Waals surface area contributed by atoms with Crippen molar-refractivity contribution in [3.8, 4) is 22.5 Å². The van der Waals surface area contributed by atoms with Gasteiger partial charge in [-0.25, -0.2) is 0 Å². The SMILES string of the molecule is O=C1c2c(c(-c3ccccc3)n(Cc3ccccc3)c2-c2ccccc2)C(=O)N1Cc1ccccc1. The molecular weight excluding hydrogens is 444 g/mol. The quantitative estimate of drug-likeness (QED) is 0.261. The fourth-order valence-corrected chi connectivity index (χ4v) is 5.02. The van der Waals surface area contributed by atoms with Gasteiger partial charge in [-0.3, -0.25) is 14.5 Å². The average molecular weight is 469 g/mol. The Hall–Kier alpha value is -4.70. The minimum absolute atomic E-state index is 0.244. The molecule has 0 saturated heterocycles. The second-order valence-electron chi connectivity index (χ2n) is 8.93. The molecule has 1 aliphatic rings. The lowest BCUT2D eigenvalue weighted by Crippen LogP contribution is -2.30. The van der Waals surface area contributed by atoms with E-state index in [4.69, 9.17) is 0 Å². The van der Waals surface area contributed by atoms with Crippen molar-refractivity contribution in [2.24, 2.45) is 0 Å². The molecule has 0 aliphatic carbocycles. The Kier molecular flexibility index (Phi) is 5.55. The molecule has 0 N–H and O–H groups in total. The van der Waals surface area contributed by atoms with Crippen LogP contribution >= 0.6 is 0 Å². The smallest absolute Gasteiger partial charge is 0.264 e. The number of rotatable bonds is 6. The monoisotopic (exact) mass is 468 g/mol. The van der Waals surface area contributed by atoms with Gasteiger partial charge in [0.05, 0.1) is 29.1 Å². The summed E-state index contributed by atoms with van der Waals surface area (Å²) in [5.74, 6) is -0.497. The first kappa shape index (κ1) is 21.8. The van der Waals surface area contributed by atoms with Crippen LogP contribution in [-0.4, -0.2) is 21.3 Å². The number of carbonyl (C=O) groups excluding carboxylic acids is 2. The Bertz CT molecular complexity index is 1460. The number of hydrogen-bond acceptors (Lipinski definition) is 2. The lowest BCUT2D eigenvalue weighted by molar-refractivity contribution is 0.0641. The number of carbonyl (C=O) groups is 2. The Morgan fingerprint density at radius 1 is 0.444 bits per heavy atom. The largest absolute Gasteiger partial charge is 0.335 e. The second kappa shape index (κ2) is 9.16. The molecule has 0 spiro atoms. The van der Waals surface area contributed by atoms with Crippen LogP contribution in [0.3, 0.4) is 0 Å². The maximum Gasteiger partial charge on any atom is 0.264 e. The van der Waals surface area contributed by atoms with E-state index in [1.54, 1.807) is 0 Å². The molecule has 0 atom stereocenters. The summed E-state index contributed by atoms with van der Waals surface area (Å²) >= 11 is 0. The number of benzene rings is 4. The van der Waals surface area contributed by atoms with Crippen molar-refractivity contribution in [2.45, 2.75) is 13.1 Å². The van der Waals surface area contributed by atoms with Gasteiger partial charge in [-0.2, -0.15) is 0 Å². The highest BCUT2D eigenvalue weighted by molar-refractivity contribution is 6.26. The summed E-state index contributed by atoms with van der Waals surface area (Å²) in [5, 5.41) is 0. The van der Waals surface area contributed by atoms with Crippen LogP contribution in [0.15, 0.2) is 121 Å². The number of amides is 2. The molecule has 0 fully saturated rings. The zero-order valence-corrected chi connectivity index (χ0v) is 19.7. The van der Waals surface area contributed by atoms with E-state index in [-0.39, 0.29) is 18.4 Å². The van der Waals surface area contributed by atoms with Gasteiger partial charge in [-0.05, 0) is 22.3 Å². The van der Waals surface area contributed by atoms with E-state index in [2.05, 4.69) is 16.7 Å². The van der Waals surface area contributed by atoms with E-state index in [1.165, 1.54) is 4.90 Å². The van der Waals surface area contributed by atoms with Crippen molar-refractivity contribution in [1.82, 2.24) is 9.47 Å². The molecule has 174 valence electrons. The number of fused-ring (bicyclic) bond motifs is 1. The van der Waals surface area contributed by atoms with Crippen LogP contribution in [0.1, 0.15) is 31.8 Å². The minimum atomic E-state index is -0.248. The number of imide groups is 1. The predicted octanol–water partition coefficient (Wildman–Crippen LogP) is 6.67. The first-order valence-corrected chi connectivity index (χ1v) is 12.0. The van der Waals surface area contributed by atoms with E-state index in [0.717, 1.165) is 33.6 Å². The molecule has 2 heterocycles. The van der Waals surface area contributed by atoms with Gasteiger partial charge in [0, 0.05) is 6.54 Å². The first-order chi connectivity index (χ1) is 17.7. The minimum Gasteiger partial charge on any atom is -0.335 e. The maximum atomic E-state index is 13.9. The molecule has 0 bridgehead atoms. The Morgan fingerprint density at radius 3 is 1.22 bits per heavy atom. The van der Waals surface area contributed by atoms with Crippen molar-refractivity contribution in [3.05, 3.63) is 144 Å². The van der Waals surface area contributed by atoms with Gasteiger partial charge in [0.1, 0.15) is 0 Å². The molecule has 1 aliphatic heterocycles. The van der Waals surface area contributed by atoms with Crippen molar-refractivity contribution < 1.29 is 9.59 Å². The normalized spacial score (nSPS) is 12.7. The summed E-state index contributed by atoms with van der Waals surface area (Å²) in [5.41, 5.74) is 6.37. The lowest BCUT2D eigenvalue weighted by atomic mass is 10.0. The molecule has 6 rings (SSSR count). The maximum absolute atomic E-state index is 13.9. The summed E-state index contributed by atoms with van der Waals surface area (Å²) in [4.78, 5) is 29.3. The highest BCUT2D eigenvalue weighted by Gasteiger charge is 2.43. The third-order valence-electron chi connectivity index (χ3n) is 6.64. The predicted molar refractivity (Wildman–Crippen MR) is 141 cm³/mol. The van der Waals surface area contributed by atoms with E-state index < -0.39 is 0 Å². The van der Waals surface area contributed by atoms with E-state index in [1.807, 2.05) is 109 Å². The summed E-state index contributed by atoms with van der Waals surface area (Å²) in [6.07, 6.45) is 0. The van der Waals surface area contributed by atoms with E-state index in [9.17, 15) is 9.59 Å². The number of nitrogens with zero attached hydrogens (tertiary/aromatic N) is 2. The highest BCUT2D eigenvalue weighted by atomic mass is 16.2. The Morgan fingerprint density at radius 2 is 0.806 bits per heavy atom. The van der Waals surface area contributed by atoms with Crippen LogP contribution < -0.4 is 0 Å². The van der Waals surface area contributed by atoms with Crippen LogP contribution in [0, 0.1) is 0 Å². The van der Waals surface area contributed by atoms with Gasteiger partial charge in [0.2, 0.25) is 0 Å². The van der Waals surface area contributed by atoms with Crippen molar-refractivity contribution in [1.29, 1.82) is 0 Å². The molecule has 5 aromatic rings. The summed E-state index contributed by atoms with van der Waals surface area (Å²) < 4.78 is 2.14. The van der Waals surface area contributed by atoms with Crippen LogP contribution in [0.4, 0.5) is 0 Å². The first-order valence-electron chi connectivity index (χ1n) is 12.0. The fraction of sp³-hybridized carbons (Fsp3) is 0.0625. The summed E-state index contributed by atoms with van der Waals surface area (Å²) in [6.45, 7) is 0.788. The molecule has 4 nitrogen and oxygen atoms in total. The molecule has 4 heteroatoms. The molecule has 0 unspecified atom stereocenters. The molecule has 1 aromatic heterocycles. The molecule has 36 heavy (non-hydrogen) atoms. The fourth-order valence-electron chi connectivity index (χ4n) is 5.02. The van der Waals surface area contributed by atoms with Gasteiger partial charge >= 0.3 is 0 Å². The van der Waals surface area contributed by atoms with Crippen LogP contribution in [0.25, 0.3) is 22.5 Å². The highest BCUT2D eigenvalue weighted by Crippen LogP contribution is 2.43. The third-order valence-corrected chi connectivity index (χ3v) is 6.64. The average Bonchev–Trinajstić information content (AvgIpc) is 3.38. The zero-order chi connectivity index (χ0) is 24.5. The number of aromatic nitrogens is 1. The van der Waals surface area contributed by atoms with Gasteiger partial charge in [-0.15, -0.1) is 0 Å². The number of hydrogen-bond donors (Lipinski definition) is 0. The lowest BCUT2D eigenvalue weighted by Gasteiger charge is -2.20. The van der Waals surface area contributed by atoms with Gasteiger partial charge in [-0.1, -0.05) is 121 Å². The topological polar surface area (TPSA) is 42.3 Å². The van der Waals surface area contributed by atoms with Crippen LogP contribution in [0.2, 0.25) is 0 Å². The van der Waals surface area contributed by atoms with Crippen molar-refractivity contribution in [3.63, 3.8) is 0 Å². The molecule has 2 amide bonds. The second-order valence-corrected chi connectivity index (χ2v) is 8.93. The van der Waals surface area contributed by atoms with Gasteiger partial charge in [0.15, 0.2) is 0 Å². The van der Waals surface area contributed by atoms with Crippen molar-refractivity contribution >= 4 is 11.8 Å². The van der Waals surface area contributed by atoms with E-state index in [0.29, 0.717) is 17.7 Å². The molecule has 0 saturated carbocycles. The van der Waals surface area contributed by atoms with Gasteiger partial charge < -0.3 is 4.57 Å². The van der Waals surface area contributed by atoms with E-state index >= 15 is 0 Å². The molecule has 0 radical (unpaired) electrons. The van der Waals surface area contributed by atoms with Gasteiger partial charge in [0.25, 0.3) is 11.8 Å².